The fourth-order valence-electron chi connectivity index (χ4n) is 1.85. The second-order valence-electron chi connectivity index (χ2n) is 4.64. The van der Waals surface area contributed by atoms with Gasteiger partial charge in [-0.3, -0.25) is 0 Å². The molecule has 1 aromatic rings. The summed E-state index contributed by atoms with van der Waals surface area (Å²) in [5.74, 6) is -0.448. The molecule has 0 aliphatic rings. The van der Waals surface area contributed by atoms with Crippen molar-refractivity contribution in [1.29, 1.82) is 0 Å². The van der Waals surface area contributed by atoms with Gasteiger partial charge >= 0.3 is 5.97 Å². The van der Waals surface area contributed by atoms with Crippen LogP contribution in [0.3, 0.4) is 0 Å². The van der Waals surface area contributed by atoms with Crippen molar-refractivity contribution in [3.05, 3.63) is 17.6 Å². The van der Waals surface area contributed by atoms with Crippen LogP contribution >= 0.6 is 11.8 Å². The minimum atomic E-state index is -3.71. The zero-order valence-corrected chi connectivity index (χ0v) is 13.8. The smallest absolute Gasteiger partial charge is 0.371 e. The molecular weight excluding hydrogens is 314 g/mol. The minimum Gasteiger partial charge on any atom is -0.475 e. The Morgan fingerprint density at radius 1 is 1.33 bits per heavy atom. The molecule has 6 nitrogen and oxygen atoms in total. The van der Waals surface area contributed by atoms with E-state index >= 15 is 0 Å². The Morgan fingerprint density at radius 2 is 2.00 bits per heavy atom. The second kappa shape index (κ2) is 8.45. The first-order valence-electron chi connectivity index (χ1n) is 6.71. The van der Waals surface area contributed by atoms with Crippen molar-refractivity contribution >= 4 is 27.8 Å². The number of nitrogens with one attached hydrogen (secondary N) is 1. The van der Waals surface area contributed by atoms with Crippen molar-refractivity contribution in [3.8, 4) is 0 Å². The van der Waals surface area contributed by atoms with Gasteiger partial charge in [0.2, 0.25) is 15.8 Å². The van der Waals surface area contributed by atoms with E-state index in [0.717, 1.165) is 37.5 Å². The summed E-state index contributed by atoms with van der Waals surface area (Å²) in [6.45, 7) is 1.78. The maximum absolute atomic E-state index is 12.1. The van der Waals surface area contributed by atoms with Gasteiger partial charge in [-0.05, 0) is 31.8 Å². The monoisotopic (exact) mass is 335 g/mol. The highest BCUT2D eigenvalue weighted by Gasteiger charge is 2.23. The number of hydrogen-bond donors (Lipinski definition) is 2. The first kappa shape index (κ1) is 18.1. The molecular formula is C13H21NO5S2. The second-order valence-corrected chi connectivity index (χ2v) is 7.36. The van der Waals surface area contributed by atoms with Crippen LogP contribution in [-0.2, 0) is 10.0 Å². The molecule has 0 saturated heterocycles. The number of furan rings is 1. The van der Waals surface area contributed by atoms with Crippen molar-refractivity contribution in [2.24, 2.45) is 0 Å². The number of carboxylic acid groups (broad SMARTS) is 1. The summed E-state index contributed by atoms with van der Waals surface area (Å²) in [4.78, 5) is 10.7. The molecule has 0 amide bonds. The third kappa shape index (κ3) is 5.72. The normalized spacial score (nSPS) is 11.7. The summed E-state index contributed by atoms with van der Waals surface area (Å²) in [6.07, 6.45) is 6.00. The molecule has 0 saturated carbocycles. The highest BCUT2D eigenvalue weighted by Crippen LogP contribution is 2.19. The lowest BCUT2D eigenvalue weighted by Crippen LogP contribution is -2.25. The van der Waals surface area contributed by atoms with Crippen LogP contribution in [0.1, 0.15) is 42.0 Å². The van der Waals surface area contributed by atoms with Crippen LogP contribution in [0.2, 0.25) is 0 Å². The summed E-state index contributed by atoms with van der Waals surface area (Å²) in [6, 6.07) is 1.04. The first-order valence-corrected chi connectivity index (χ1v) is 9.58. The predicted molar refractivity (Wildman–Crippen MR) is 82.4 cm³/mol. The summed E-state index contributed by atoms with van der Waals surface area (Å²) >= 11 is 1.80. The highest BCUT2D eigenvalue weighted by atomic mass is 32.2. The van der Waals surface area contributed by atoms with Crippen molar-refractivity contribution in [2.75, 3.05) is 18.6 Å². The highest BCUT2D eigenvalue weighted by molar-refractivity contribution is 7.98. The molecule has 1 heterocycles. The van der Waals surface area contributed by atoms with E-state index in [4.69, 9.17) is 9.52 Å². The third-order valence-corrected chi connectivity index (χ3v) is 5.21. The molecule has 2 N–H and O–H groups in total. The van der Waals surface area contributed by atoms with E-state index < -0.39 is 16.0 Å². The van der Waals surface area contributed by atoms with E-state index in [1.165, 1.54) is 6.92 Å². The van der Waals surface area contributed by atoms with Gasteiger partial charge in [0.05, 0.1) is 0 Å². The number of sulfonamides is 1. The number of carboxylic acids is 1. The molecule has 0 spiro atoms. The molecule has 0 aliphatic carbocycles. The summed E-state index contributed by atoms with van der Waals surface area (Å²) in [7, 11) is -3.71. The molecule has 0 atom stereocenters. The standard InChI is InChI=1S/C13H21NO5S2/c1-10-12(9-11(19-10)13(15)16)21(17,18)14-7-5-3-4-6-8-20-2/h9,14H,3-8H2,1-2H3,(H,15,16). The summed E-state index contributed by atoms with van der Waals surface area (Å²) in [5, 5.41) is 8.79. The van der Waals surface area contributed by atoms with Gasteiger partial charge in [-0.15, -0.1) is 0 Å². The Labute approximate surface area is 129 Å². The molecule has 0 radical (unpaired) electrons. The average molecular weight is 335 g/mol. The van der Waals surface area contributed by atoms with E-state index in [-0.39, 0.29) is 16.4 Å². The Morgan fingerprint density at radius 3 is 2.57 bits per heavy atom. The van der Waals surface area contributed by atoms with Gasteiger partial charge in [0.25, 0.3) is 0 Å². The van der Waals surface area contributed by atoms with E-state index in [2.05, 4.69) is 11.0 Å². The molecule has 1 rings (SSSR count). The zero-order chi connectivity index (χ0) is 15.9. The van der Waals surface area contributed by atoms with Gasteiger partial charge in [-0.1, -0.05) is 12.8 Å². The molecule has 8 heteroatoms. The molecule has 0 fully saturated rings. The molecule has 21 heavy (non-hydrogen) atoms. The van der Waals surface area contributed by atoms with Gasteiger partial charge in [0, 0.05) is 12.6 Å². The van der Waals surface area contributed by atoms with Crippen LogP contribution in [-0.4, -0.2) is 38.0 Å². The van der Waals surface area contributed by atoms with Crippen LogP contribution in [0.5, 0.6) is 0 Å². The molecule has 0 aromatic carbocycles. The average Bonchev–Trinajstić information content (AvgIpc) is 2.81. The Balaban J connectivity index is 2.48. The summed E-state index contributed by atoms with van der Waals surface area (Å²) < 4.78 is 31.5. The maximum Gasteiger partial charge on any atom is 0.371 e. The number of thioether (sulfide) groups is 1. The van der Waals surface area contributed by atoms with Crippen molar-refractivity contribution in [1.82, 2.24) is 4.72 Å². The lowest BCUT2D eigenvalue weighted by Gasteiger charge is -2.05. The van der Waals surface area contributed by atoms with E-state index in [0.29, 0.717) is 6.54 Å². The van der Waals surface area contributed by atoms with Crippen LogP contribution in [0.4, 0.5) is 0 Å². The summed E-state index contributed by atoms with van der Waals surface area (Å²) in [5.41, 5.74) is 0. The van der Waals surface area contributed by atoms with Crippen molar-refractivity contribution in [2.45, 2.75) is 37.5 Å². The van der Waals surface area contributed by atoms with Gasteiger partial charge in [0.1, 0.15) is 10.7 Å². The zero-order valence-electron chi connectivity index (χ0n) is 12.2. The van der Waals surface area contributed by atoms with Crippen LogP contribution < -0.4 is 4.72 Å². The number of hydrogen-bond acceptors (Lipinski definition) is 5. The number of carbonyl (C=O) groups is 1. The Bertz CT molecular complexity index is 565. The van der Waals surface area contributed by atoms with Crippen LogP contribution in [0.25, 0.3) is 0 Å². The number of aromatic carboxylic acids is 1. The molecule has 0 aliphatic heterocycles. The number of unbranched alkanes of at least 4 members (excludes halogenated alkanes) is 3. The quantitative estimate of drug-likeness (QED) is 0.638. The third-order valence-electron chi connectivity index (χ3n) is 2.94. The van der Waals surface area contributed by atoms with Gasteiger partial charge < -0.3 is 9.52 Å². The van der Waals surface area contributed by atoms with E-state index in [9.17, 15) is 13.2 Å². The molecule has 0 bridgehead atoms. The van der Waals surface area contributed by atoms with E-state index in [1.54, 1.807) is 11.8 Å². The number of rotatable bonds is 10. The SMILES string of the molecule is CSCCCCCCNS(=O)(=O)c1cc(C(=O)O)oc1C. The molecule has 120 valence electrons. The van der Waals surface area contributed by atoms with Crippen molar-refractivity contribution < 1.29 is 22.7 Å². The Kier molecular flexibility index (Phi) is 7.27. The number of aryl methyl sites for hydroxylation is 1. The minimum absolute atomic E-state index is 0.0832. The maximum atomic E-state index is 12.1. The predicted octanol–water partition coefficient (Wildman–Crippen LogP) is 2.49. The van der Waals surface area contributed by atoms with Crippen LogP contribution in [0.15, 0.2) is 15.4 Å². The topological polar surface area (TPSA) is 96.6 Å². The molecule has 1 aromatic heterocycles. The van der Waals surface area contributed by atoms with Gasteiger partial charge in [-0.25, -0.2) is 17.9 Å². The lowest BCUT2D eigenvalue weighted by molar-refractivity contribution is 0.0661. The largest absolute Gasteiger partial charge is 0.475 e. The van der Waals surface area contributed by atoms with Crippen LogP contribution in [0, 0.1) is 6.92 Å². The van der Waals surface area contributed by atoms with Crippen molar-refractivity contribution in [3.63, 3.8) is 0 Å². The van der Waals surface area contributed by atoms with Gasteiger partial charge in [-0.2, -0.15) is 11.8 Å². The fourth-order valence-corrected chi connectivity index (χ4v) is 3.59. The van der Waals surface area contributed by atoms with Gasteiger partial charge in [0.15, 0.2) is 0 Å². The first-order chi connectivity index (χ1) is 9.88. The Hall–Kier alpha value is -0.990. The molecule has 0 unspecified atom stereocenters. The van der Waals surface area contributed by atoms with E-state index in [1.807, 2.05) is 0 Å². The lowest BCUT2D eigenvalue weighted by atomic mass is 10.2. The fraction of sp³-hybridized carbons (Fsp3) is 0.615.